The summed E-state index contributed by atoms with van der Waals surface area (Å²) in [5.74, 6) is 1.75. The number of rotatable bonds is 4. The first kappa shape index (κ1) is 15.7. The van der Waals surface area contributed by atoms with Gasteiger partial charge in [-0.05, 0) is 17.7 Å². The second-order valence-electron chi connectivity index (χ2n) is 5.32. The first-order valence-electron chi connectivity index (χ1n) is 7.34. The smallest absolute Gasteiger partial charge is 0.150 e. The van der Waals surface area contributed by atoms with Crippen LogP contribution in [0.15, 0.2) is 18.2 Å². The minimum absolute atomic E-state index is 0.00270. The van der Waals surface area contributed by atoms with Gasteiger partial charge in [0.1, 0.15) is 11.6 Å². The molecule has 2 aromatic rings. The third-order valence-electron chi connectivity index (χ3n) is 3.73. The zero-order chi connectivity index (χ0) is 15.5. The quantitative estimate of drug-likeness (QED) is 0.928. The lowest BCUT2D eigenvalue weighted by molar-refractivity contribution is -0.0336. The van der Waals surface area contributed by atoms with Gasteiger partial charge in [-0.2, -0.15) is 5.10 Å². The first-order valence-corrected chi connectivity index (χ1v) is 8.10. The van der Waals surface area contributed by atoms with Gasteiger partial charge in [-0.1, -0.05) is 36.2 Å². The van der Waals surface area contributed by atoms with Gasteiger partial charge in [0, 0.05) is 19.5 Å². The Morgan fingerprint density at radius 3 is 2.95 bits per heavy atom. The van der Waals surface area contributed by atoms with Crippen LogP contribution in [0.1, 0.15) is 30.2 Å². The molecule has 1 aromatic carbocycles. The van der Waals surface area contributed by atoms with Gasteiger partial charge < -0.3 is 4.74 Å². The molecule has 0 amide bonds. The van der Waals surface area contributed by atoms with Crippen molar-refractivity contribution < 1.29 is 4.74 Å². The van der Waals surface area contributed by atoms with E-state index in [9.17, 15) is 0 Å². The van der Waals surface area contributed by atoms with Crippen molar-refractivity contribution in [2.45, 2.75) is 26.0 Å². The Hall–Kier alpha value is -1.14. The third-order valence-corrected chi connectivity index (χ3v) is 4.47. The Labute approximate surface area is 139 Å². The van der Waals surface area contributed by atoms with Crippen LogP contribution in [0, 0.1) is 0 Å². The number of benzene rings is 1. The van der Waals surface area contributed by atoms with Crippen molar-refractivity contribution in [3.63, 3.8) is 0 Å². The highest BCUT2D eigenvalue weighted by Gasteiger charge is 2.23. The number of nitrogens with zero attached hydrogens (tertiary/aromatic N) is 3. The van der Waals surface area contributed by atoms with Crippen molar-refractivity contribution in [1.82, 2.24) is 20.1 Å². The summed E-state index contributed by atoms with van der Waals surface area (Å²) in [6.45, 7) is 5.13. The normalized spacial score (nSPS) is 19.5. The molecule has 0 saturated carbocycles. The molecule has 1 atom stereocenters. The van der Waals surface area contributed by atoms with Crippen LogP contribution in [0.25, 0.3) is 0 Å². The average molecular weight is 341 g/mol. The van der Waals surface area contributed by atoms with Crippen LogP contribution in [0.4, 0.5) is 0 Å². The predicted octanol–water partition coefficient (Wildman–Crippen LogP) is 3.25. The number of morpholine rings is 1. The van der Waals surface area contributed by atoms with Crippen LogP contribution >= 0.6 is 23.2 Å². The van der Waals surface area contributed by atoms with Crippen LogP contribution in [0.5, 0.6) is 0 Å². The summed E-state index contributed by atoms with van der Waals surface area (Å²) in [5, 5.41) is 8.29. The van der Waals surface area contributed by atoms with Crippen LogP contribution in [-0.4, -0.2) is 39.8 Å². The van der Waals surface area contributed by atoms with Crippen molar-refractivity contribution in [1.29, 1.82) is 0 Å². The highest BCUT2D eigenvalue weighted by molar-refractivity contribution is 6.42. The van der Waals surface area contributed by atoms with Gasteiger partial charge in [-0.15, -0.1) is 0 Å². The molecule has 1 saturated heterocycles. The lowest BCUT2D eigenvalue weighted by atomic mass is 10.1. The fourth-order valence-electron chi connectivity index (χ4n) is 2.54. The minimum atomic E-state index is -0.00270. The molecule has 5 nitrogen and oxygen atoms in total. The Morgan fingerprint density at radius 1 is 1.36 bits per heavy atom. The SMILES string of the molecule is CCc1n[nH]c(CN2CCO[C@@H](c3ccc(Cl)c(Cl)c3)C2)n1. The largest absolute Gasteiger partial charge is 0.371 e. The highest BCUT2D eigenvalue weighted by atomic mass is 35.5. The zero-order valence-electron chi connectivity index (χ0n) is 12.4. The molecule has 0 spiro atoms. The van der Waals surface area contributed by atoms with Gasteiger partial charge in [0.25, 0.3) is 0 Å². The molecule has 1 aliphatic rings. The van der Waals surface area contributed by atoms with Gasteiger partial charge >= 0.3 is 0 Å². The maximum absolute atomic E-state index is 6.09. The number of nitrogens with one attached hydrogen (secondary N) is 1. The number of aryl methyl sites for hydroxylation is 1. The van der Waals surface area contributed by atoms with Crippen molar-refractivity contribution in [3.05, 3.63) is 45.5 Å². The summed E-state index contributed by atoms with van der Waals surface area (Å²) in [5.41, 5.74) is 1.05. The number of halogens is 2. The molecule has 1 N–H and O–H groups in total. The Balaban J connectivity index is 1.67. The molecule has 1 aliphatic heterocycles. The molecule has 0 bridgehead atoms. The number of H-pyrrole nitrogens is 1. The summed E-state index contributed by atoms with van der Waals surface area (Å²) < 4.78 is 5.86. The maximum Gasteiger partial charge on any atom is 0.150 e. The number of hydrogen-bond acceptors (Lipinski definition) is 4. The molecule has 1 aromatic heterocycles. The van der Waals surface area contributed by atoms with Gasteiger partial charge in [-0.3, -0.25) is 10.00 Å². The number of ether oxygens (including phenoxy) is 1. The Kier molecular flexibility index (Phi) is 4.98. The summed E-state index contributed by atoms with van der Waals surface area (Å²) in [4.78, 5) is 6.76. The number of hydrogen-bond donors (Lipinski definition) is 1. The van der Waals surface area contributed by atoms with E-state index >= 15 is 0 Å². The molecular formula is C15H18Cl2N4O. The lowest BCUT2D eigenvalue weighted by Gasteiger charge is -2.32. The van der Waals surface area contributed by atoms with E-state index in [-0.39, 0.29) is 6.10 Å². The van der Waals surface area contributed by atoms with Gasteiger partial charge in [0.2, 0.25) is 0 Å². The fraction of sp³-hybridized carbons (Fsp3) is 0.467. The third kappa shape index (κ3) is 3.60. The average Bonchev–Trinajstić information content (AvgIpc) is 2.98. The number of aromatic amines is 1. The Bertz CT molecular complexity index is 646. The molecule has 2 heterocycles. The van der Waals surface area contributed by atoms with Crippen molar-refractivity contribution in [3.8, 4) is 0 Å². The second kappa shape index (κ2) is 6.96. The van der Waals surface area contributed by atoms with Crippen LogP contribution in [-0.2, 0) is 17.7 Å². The van der Waals surface area contributed by atoms with E-state index in [4.69, 9.17) is 27.9 Å². The predicted molar refractivity (Wildman–Crippen MR) is 86.2 cm³/mol. The zero-order valence-corrected chi connectivity index (χ0v) is 13.9. The van der Waals surface area contributed by atoms with E-state index in [1.165, 1.54) is 0 Å². The van der Waals surface area contributed by atoms with Crippen molar-refractivity contribution >= 4 is 23.2 Å². The summed E-state index contributed by atoms with van der Waals surface area (Å²) in [7, 11) is 0. The molecule has 1 fully saturated rings. The molecule has 118 valence electrons. The maximum atomic E-state index is 6.09. The molecule has 0 radical (unpaired) electrons. The summed E-state index contributed by atoms with van der Waals surface area (Å²) in [6.07, 6.45) is 0.836. The van der Waals surface area contributed by atoms with Gasteiger partial charge in [-0.25, -0.2) is 4.98 Å². The van der Waals surface area contributed by atoms with Gasteiger partial charge in [0.05, 0.1) is 29.3 Å². The molecule has 0 aliphatic carbocycles. The minimum Gasteiger partial charge on any atom is -0.371 e. The van der Waals surface area contributed by atoms with E-state index in [1.54, 1.807) is 0 Å². The lowest BCUT2D eigenvalue weighted by Crippen LogP contribution is -2.38. The summed E-state index contributed by atoms with van der Waals surface area (Å²) in [6, 6.07) is 5.65. The van der Waals surface area contributed by atoms with Crippen molar-refractivity contribution in [2.75, 3.05) is 19.7 Å². The van der Waals surface area contributed by atoms with E-state index in [2.05, 4.69) is 20.1 Å². The highest BCUT2D eigenvalue weighted by Crippen LogP contribution is 2.29. The molecule has 7 heteroatoms. The first-order chi connectivity index (χ1) is 10.7. The van der Waals surface area contributed by atoms with Crippen LogP contribution < -0.4 is 0 Å². The Morgan fingerprint density at radius 2 is 2.23 bits per heavy atom. The van der Waals surface area contributed by atoms with E-state index in [1.807, 2.05) is 25.1 Å². The van der Waals surface area contributed by atoms with E-state index < -0.39 is 0 Å². The standard InChI is InChI=1S/C15H18Cl2N4O/c1-2-14-18-15(20-19-14)9-21-5-6-22-13(8-21)10-3-4-11(16)12(17)7-10/h3-4,7,13H,2,5-6,8-9H2,1H3,(H,18,19,20)/t13-/m1/s1. The fourth-order valence-corrected chi connectivity index (χ4v) is 2.84. The number of aromatic nitrogens is 3. The monoisotopic (exact) mass is 340 g/mol. The van der Waals surface area contributed by atoms with Crippen molar-refractivity contribution in [2.24, 2.45) is 0 Å². The van der Waals surface area contributed by atoms with Crippen LogP contribution in [0.3, 0.4) is 0 Å². The molecular weight excluding hydrogens is 323 g/mol. The summed E-state index contributed by atoms with van der Waals surface area (Å²) >= 11 is 12.1. The topological polar surface area (TPSA) is 54.0 Å². The van der Waals surface area contributed by atoms with Gasteiger partial charge in [0.15, 0.2) is 0 Å². The molecule has 22 heavy (non-hydrogen) atoms. The van der Waals surface area contributed by atoms with E-state index in [0.717, 1.165) is 43.3 Å². The second-order valence-corrected chi connectivity index (χ2v) is 6.13. The van der Waals surface area contributed by atoms with Crippen LogP contribution in [0.2, 0.25) is 10.0 Å². The molecule has 3 rings (SSSR count). The van der Waals surface area contributed by atoms with E-state index in [0.29, 0.717) is 16.7 Å². The molecule has 0 unspecified atom stereocenters.